The van der Waals surface area contributed by atoms with Gasteiger partial charge in [-0.25, -0.2) is 0 Å². The zero-order valence-electron chi connectivity index (χ0n) is 14.2. The molecule has 2 fully saturated rings. The van der Waals surface area contributed by atoms with Gasteiger partial charge in [0.2, 0.25) is 0 Å². The van der Waals surface area contributed by atoms with Gasteiger partial charge in [-0.05, 0) is 45.2 Å². The first-order valence-electron chi connectivity index (χ1n) is 8.71. The third-order valence-electron chi connectivity index (χ3n) is 5.38. The van der Waals surface area contributed by atoms with Crippen LogP contribution in [0.1, 0.15) is 43.5 Å². The maximum atomic E-state index is 5.97. The van der Waals surface area contributed by atoms with E-state index in [0.717, 1.165) is 32.0 Å². The fraction of sp³-hybridized carbons (Fsp3) is 0.824. The molecule has 5 heteroatoms. The van der Waals surface area contributed by atoms with Gasteiger partial charge in [0.15, 0.2) is 0 Å². The van der Waals surface area contributed by atoms with E-state index in [4.69, 9.17) is 4.74 Å². The van der Waals surface area contributed by atoms with Gasteiger partial charge in [-0.3, -0.25) is 4.68 Å². The maximum Gasteiger partial charge on any atom is 0.101 e. The molecular formula is C17H30N4O. The lowest BCUT2D eigenvalue weighted by atomic mass is 9.99. The molecule has 0 spiro atoms. The van der Waals surface area contributed by atoms with Crippen molar-refractivity contribution in [3.8, 4) is 0 Å². The Balaban J connectivity index is 1.48. The van der Waals surface area contributed by atoms with Crippen LogP contribution in [0, 0.1) is 12.8 Å². The number of aryl methyl sites for hydroxylation is 1. The highest BCUT2D eigenvalue weighted by Gasteiger charge is 2.31. The standard InChI is InChI=1S/C17H30N4O/c1-13-4-8-21(9-5-13)10-7-18-16-6-11-22-17(16)15-12-19-20(3)14(15)2/h12-13,16-18H,4-11H2,1-3H3/t16-,17+/m0/s1. The first-order chi connectivity index (χ1) is 10.6. The van der Waals surface area contributed by atoms with Crippen molar-refractivity contribution in [2.24, 2.45) is 13.0 Å². The molecule has 0 radical (unpaired) electrons. The minimum absolute atomic E-state index is 0.162. The van der Waals surface area contributed by atoms with Crippen molar-refractivity contribution in [3.63, 3.8) is 0 Å². The summed E-state index contributed by atoms with van der Waals surface area (Å²) in [5, 5.41) is 8.08. The summed E-state index contributed by atoms with van der Waals surface area (Å²) >= 11 is 0. The van der Waals surface area contributed by atoms with Gasteiger partial charge in [0.25, 0.3) is 0 Å². The Kier molecular flexibility index (Phi) is 5.16. The van der Waals surface area contributed by atoms with Gasteiger partial charge in [0.05, 0.1) is 6.20 Å². The number of hydrogen-bond acceptors (Lipinski definition) is 4. The maximum absolute atomic E-state index is 5.97. The minimum Gasteiger partial charge on any atom is -0.372 e. The van der Waals surface area contributed by atoms with Crippen molar-refractivity contribution in [2.75, 3.05) is 32.8 Å². The van der Waals surface area contributed by atoms with Crippen LogP contribution < -0.4 is 5.32 Å². The number of aromatic nitrogens is 2. The summed E-state index contributed by atoms with van der Waals surface area (Å²) in [4.78, 5) is 2.59. The second kappa shape index (κ2) is 7.11. The molecule has 2 aliphatic rings. The van der Waals surface area contributed by atoms with Crippen LogP contribution in [0.15, 0.2) is 6.20 Å². The number of rotatable bonds is 5. The molecule has 0 saturated carbocycles. The Morgan fingerprint density at radius 2 is 2.09 bits per heavy atom. The van der Waals surface area contributed by atoms with Crippen LogP contribution in [0.25, 0.3) is 0 Å². The third kappa shape index (κ3) is 3.53. The van der Waals surface area contributed by atoms with Crippen LogP contribution in [0.3, 0.4) is 0 Å². The van der Waals surface area contributed by atoms with Gasteiger partial charge in [-0.1, -0.05) is 6.92 Å². The molecule has 3 heterocycles. The number of ether oxygens (including phenoxy) is 1. The number of hydrogen-bond donors (Lipinski definition) is 1. The Morgan fingerprint density at radius 3 is 2.77 bits per heavy atom. The van der Waals surface area contributed by atoms with Crippen LogP contribution in [0.2, 0.25) is 0 Å². The van der Waals surface area contributed by atoms with Crippen LogP contribution in [-0.2, 0) is 11.8 Å². The van der Waals surface area contributed by atoms with Crippen molar-refractivity contribution in [1.82, 2.24) is 20.0 Å². The largest absolute Gasteiger partial charge is 0.372 e. The highest BCUT2D eigenvalue weighted by molar-refractivity contribution is 5.21. The van der Waals surface area contributed by atoms with Gasteiger partial charge in [0, 0.05) is 44.0 Å². The van der Waals surface area contributed by atoms with E-state index in [2.05, 4.69) is 29.2 Å². The molecule has 5 nitrogen and oxygen atoms in total. The van der Waals surface area contributed by atoms with Crippen molar-refractivity contribution in [2.45, 2.75) is 45.3 Å². The molecule has 0 bridgehead atoms. The van der Waals surface area contributed by atoms with Gasteiger partial charge in [-0.15, -0.1) is 0 Å². The molecule has 0 aliphatic carbocycles. The number of likely N-dealkylation sites (tertiary alicyclic amines) is 1. The molecule has 3 rings (SSSR count). The molecule has 124 valence electrons. The second-order valence-corrected chi connectivity index (χ2v) is 6.97. The van der Waals surface area contributed by atoms with Gasteiger partial charge >= 0.3 is 0 Å². The summed E-state index contributed by atoms with van der Waals surface area (Å²) in [5.74, 6) is 0.908. The Hall–Kier alpha value is -0.910. The predicted octanol–water partition coefficient (Wildman–Crippen LogP) is 1.88. The molecule has 0 unspecified atom stereocenters. The van der Waals surface area contributed by atoms with Gasteiger partial charge in [-0.2, -0.15) is 5.10 Å². The molecule has 0 amide bonds. The summed E-state index contributed by atoms with van der Waals surface area (Å²) < 4.78 is 7.91. The zero-order chi connectivity index (χ0) is 15.5. The van der Waals surface area contributed by atoms with E-state index in [1.165, 1.54) is 37.2 Å². The lowest BCUT2D eigenvalue weighted by molar-refractivity contribution is 0.0969. The number of piperidine rings is 1. The second-order valence-electron chi connectivity index (χ2n) is 6.97. The topological polar surface area (TPSA) is 42.3 Å². The van der Waals surface area contributed by atoms with Crippen molar-refractivity contribution >= 4 is 0 Å². The average Bonchev–Trinajstić information content (AvgIpc) is 3.09. The molecule has 1 aromatic heterocycles. The minimum atomic E-state index is 0.162. The van der Waals surface area contributed by atoms with E-state index < -0.39 is 0 Å². The molecule has 1 aromatic rings. The van der Waals surface area contributed by atoms with Crippen LogP contribution >= 0.6 is 0 Å². The monoisotopic (exact) mass is 306 g/mol. The van der Waals surface area contributed by atoms with E-state index >= 15 is 0 Å². The van der Waals surface area contributed by atoms with E-state index in [0.29, 0.717) is 6.04 Å². The van der Waals surface area contributed by atoms with E-state index in [1.54, 1.807) is 0 Å². The highest BCUT2D eigenvalue weighted by atomic mass is 16.5. The lowest BCUT2D eigenvalue weighted by Crippen LogP contribution is -2.41. The molecule has 2 atom stereocenters. The van der Waals surface area contributed by atoms with E-state index in [-0.39, 0.29) is 6.10 Å². The summed E-state index contributed by atoms with van der Waals surface area (Å²) in [6, 6.07) is 0.423. The van der Waals surface area contributed by atoms with Crippen LogP contribution in [-0.4, -0.2) is 53.5 Å². The van der Waals surface area contributed by atoms with Gasteiger partial charge in [0.1, 0.15) is 6.10 Å². The predicted molar refractivity (Wildman–Crippen MR) is 87.9 cm³/mol. The fourth-order valence-corrected chi connectivity index (χ4v) is 3.59. The molecule has 2 aliphatic heterocycles. The third-order valence-corrected chi connectivity index (χ3v) is 5.38. The Morgan fingerprint density at radius 1 is 1.32 bits per heavy atom. The van der Waals surface area contributed by atoms with Gasteiger partial charge < -0.3 is 15.0 Å². The first kappa shape index (κ1) is 16.0. The number of nitrogens with zero attached hydrogens (tertiary/aromatic N) is 3. The van der Waals surface area contributed by atoms with Crippen molar-refractivity contribution < 1.29 is 4.74 Å². The quantitative estimate of drug-likeness (QED) is 0.902. The fourth-order valence-electron chi connectivity index (χ4n) is 3.59. The molecule has 1 N–H and O–H groups in total. The summed E-state index contributed by atoms with van der Waals surface area (Å²) in [6.07, 6.45) is 5.92. The van der Waals surface area contributed by atoms with Crippen LogP contribution in [0.4, 0.5) is 0 Å². The molecule has 2 saturated heterocycles. The Bertz CT molecular complexity index is 479. The highest BCUT2D eigenvalue weighted by Crippen LogP contribution is 2.30. The van der Waals surface area contributed by atoms with Crippen molar-refractivity contribution in [1.29, 1.82) is 0 Å². The van der Waals surface area contributed by atoms with Crippen LogP contribution in [0.5, 0.6) is 0 Å². The first-order valence-corrected chi connectivity index (χ1v) is 8.71. The average molecular weight is 306 g/mol. The molecule has 22 heavy (non-hydrogen) atoms. The summed E-state index contributed by atoms with van der Waals surface area (Å²) in [5.41, 5.74) is 2.45. The summed E-state index contributed by atoms with van der Waals surface area (Å²) in [6.45, 7) is 10.1. The van der Waals surface area contributed by atoms with Crippen molar-refractivity contribution in [3.05, 3.63) is 17.5 Å². The summed E-state index contributed by atoms with van der Waals surface area (Å²) in [7, 11) is 1.99. The smallest absolute Gasteiger partial charge is 0.101 e. The number of nitrogens with one attached hydrogen (secondary N) is 1. The SMILES string of the molecule is Cc1c([C@H]2OCC[C@@H]2NCCN2CCC(C)CC2)cnn1C. The Labute approximate surface area is 134 Å². The molecule has 0 aromatic carbocycles. The van der Waals surface area contributed by atoms with E-state index in [1.807, 2.05) is 17.9 Å². The zero-order valence-corrected chi connectivity index (χ0v) is 14.2. The lowest BCUT2D eigenvalue weighted by Gasteiger charge is -2.30. The molecular weight excluding hydrogens is 276 g/mol. The normalized spacial score (nSPS) is 27.6. The van der Waals surface area contributed by atoms with E-state index in [9.17, 15) is 0 Å².